The number of hydrogen-bond donors (Lipinski definition) is 0. The summed E-state index contributed by atoms with van der Waals surface area (Å²) in [5.74, 6) is 0.870. The molecule has 0 amide bonds. The number of fused-ring (bicyclic) bond motifs is 1. The Balaban J connectivity index is 2.22. The van der Waals surface area contributed by atoms with Crippen LogP contribution in [0, 0.1) is 0 Å². The van der Waals surface area contributed by atoms with Crippen LogP contribution >= 0.6 is 0 Å². The van der Waals surface area contributed by atoms with E-state index in [0.717, 1.165) is 27.5 Å². The number of para-hydroxylation sites is 1. The Labute approximate surface area is 103 Å². The summed E-state index contributed by atoms with van der Waals surface area (Å²) in [6, 6.07) is 20.1. The van der Waals surface area contributed by atoms with Gasteiger partial charge in [0, 0.05) is 12.1 Å². The summed E-state index contributed by atoms with van der Waals surface area (Å²) >= 11 is 0. The molecule has 2 aromatic carbocycles. The van der Waals surface area contributed by atoms with Crippen LogP contribution in [0.5, 0.6) is 0 Å². The Morgan fingerprint density at radius 1 is 0.765 bits per heavy atom. The summed E-state index contributed by atoms with van der Waals surface area (Å²) in [6.45, 7) is 0. The van der Waals surface area contributed by atoms with Gasteiger partial charge in [-0.2, -0.15) is 0 Å². The van der Waals surface area contributed by atoms with Gasteiger partial charge >= 0.3 is 11.3 Å². The van der Waals surface area contributed by atoms with Crippen LogP contribution in [0.15, 0.2) is 65.1 Å². The highest BCUT2D eigenvalue weighted by atomic mass is 28.1. The molecule has 0 saturated heterocycles. The van der Waals surface area contributed by atoms with Crippen molar-refractivity contribution < 1.29 is 4.42 Å². The highest BCUT2D eigenvalue weighted by Crippen LogP contribution is 2.22. The molecule has 0 aliphatic carbocycles. The maximum Gasteiger partial charge on any atom is 0.360 e. The first-order valence-electron chi connectivity index (χ1n) is 5.47. The number of hydrogen-bond acceptors (Lipinski definition) is 0. The lowest BCUT2D eigenvalue weighted by Gasteiger charge is -1.97. The fourth-order valence-electron chi connectivity index (χ4n) is 1.87. The van der Waals surface area contributed by atoms with E-state index in [1.54, 1.807) is 0 Å². The molecule has 2 heteroatoms. The molecule has 3 aromatic rings. The predicted molar refractivity (Wildman–Crippen MR) is 71.4 cm³/mol. The molecule has 0 N–H and O–H groups in total. The Bertz CT molecular complexity index is 676. The van der Waals surface area contributed by atoms with E-state index in [2.05, 4.69) is 16.3 Å². The molecule has 79 valence electrons. The molecule has 0 aliphatic rings. The van der Waals surface area contributed by atoms with Crippen molar-refractivity contribution in [3.05, 3.63) is 60.7 Å². The van der Waals surface area contributed by atoms with Gasteiger partial charge < -0.3 is 0 Å². The Hall–Kier alpha value is -1.93. The zero-order chi connectivity index (χ0) is 11.7. The van der Waals surface area contributed by atoms with Crippen LogP contribution in [-0.4, -0.2) is 10.2 Å². The van der Waals surface area contributed by atoms with Crippen LogP contribution in [0.3, 0.4) is 0 Å². The molecule has 1 nitrogen and oxygen atoms in total. The van der Waals surface area contributed by atoms with E-state index >= 15 is 0 Å². The summed E-state index contributed by atoms with van der Waals surface area (Å²) in [5.41, 5.74) is 1.97. The van der Waals surface area contributed by atoms with Crippen molar-refractivity contribution >= 4 is 26.4 Å². The summed E-state index contributed by atoms with van der Waals surface area (Å²) in [4.78, 5) is 0. The largest absolute Gasteiger partial charge is 0.360 e. The van der Waals surface area contributed by atoms with Crippen LogP contribution in [-0.2, 0) is 0 Å². The summed E-state index contributed by atoms with van der Waals surface area (Å²) in [5, 5.41) is 2.15. The standard InChI is InChI=1S/C15H10OSi/c17-15-8-4-2-6-12(15)14-10-9-11-5-1-3-7-13(11)16-14/h1-10H/q+1. The average molecular weight is 234 g/mol. The van der Waals surface area contributed by atoms with Crippen LogP contribution in [0.25, 0.3) is 22.3 Å². The smallest absolute Gasteiger partial charge is 0.207 e. The second kappa shape index (κ2) is 4.15. The molecule has 0 saturated carbocycles. The quantitative estimate of drug-likeness (QED) is 0.465. The lowest BCUT2D eigenvalue weighted by atomic mass is 10.1. The van der Waals surface area contributed by atoms with E-state index in [1.807, 2.05) is 54.6 Å². The first-order chi connectivity index (χ1) is 8.34. The molecule has 0 aliphatic heterocycles. The van der Waals surface area contributed by atoms with E-state index in [0.29, 0.717) is 0 Å². The molecule has 17 heavy (non-hydrogen) atoms. The second-order valence-corrected chi connectivity index (χ2v) is 4.42. The molecule has 3 radical (unpaired) electrons. The minimum absolute atomic E-state index is 0.870. The minimum atomic E-state index is 0.870. The van der Waals surface area contributed by atoms with Crippen molar-refractivity contribution in [1.29, 1.82) is 0 Å². The van der Waals surface area contributed by atoms with Crippen LogP contribution in [0.2, 0.25) is 0 Å². The molecule has 0 spiro atoms. The van der Waals surface area contributed by atoms with Crippen LogP contribution in [0.4, 0.5) is 0 Å². The summed E-state index contributed by atoms with van der Waals surface area (Å²) < 4.78 is 5.90. The van der Waals surface area contributed by atoms with E-state index in [-0.39, 0.29) is 0 Å². The molecule has 0 fully saturated rings. The molecule has 0 bridgehead atoms. The van der Waals surface area contributed by atoms with Gasteiger partial charge in [-0.05, 0) is 18.2 Å². The second-order valence-electron chi connectivity index (χ2n) is 3.88. The molecule has 3 rings (SSSR count). The maximum atomic E-state index is 5.90. The van der Waals surface area contributed by atoms with Gasteiger partial charge in [0.15, 0.2) is 0 Å². The molecular formula is C15H10OSi+. The molecule has 0 atom stereocenters. The fraction of sp³-hybridized carbons (Fsp3) is 0. The van der Waals surface area contributed by atoms with E-state index in [4.69, 9.17) is 4.42 Å². The van der Waals surface area contributed by atoms with Crippen LogP contribution in [0.1, 0.15) is 0 Å². The van der Waals surface area contributed by atoms with Gasteiger partial charge in [0.05, 0.1) is 21.2 Å². The lowest BCUT2D eigenvalue weighted by molar-refractivity contribution is 0.620. The van der Waals surface area contributed by atoms with Gasteiger partial charge in [-0.1, -0.05) is 35.5 Å². The third kappa shape index (κ3) is 1.87. The van der Waals surface area contributed by atoms with Crippen LogP contribution < -0.4 is 5.19 Å². The van der Waals surface area contributed by atoms with E-state index < -0.39 is 0 Å². The molecule has 1 aromatic heterocycles. The van der Waals surface area contributed by atoms with Gasteiger partial charge in [-0.25, -0.2) is 4.42 Å². The van der Waals surface area contributed by atoms with Gasteiger partial charge in [-0.3, -0.25) is 0 Å². The van der Waals surface area contributed by atoms with Gasteiger partial charge in [-0.15, -0.1) is 0 Å². The Morgan fingerprint density at radius 2 is 1.53 bits per heavy atom. The van der Waals surface area contributed by atoms with Crippen molar-refractivity contribution in [2.24, 2.45) is 0 Å². The zero-order valence-corrected chi connectivity index (χ0v) is 10.2. The van der Waals surface area contributed by atoms with Crippen molar-refractivity contribution in [3.8, 4) is 11.3 Å². The Kier molecular flexibility index (Phi) is 2.50. The SMILES string of the molecule is [Si]c1ccccc1-c1ccc2ccccc2[o+]1. The van der Waals surface area contributed by atoms with Crippen molar-refractivity contribution in [3.63, 3.8) is 0 Å². The monoisotopic (exact) mass is 234 g/mol. The summed E-state index contributed by atoms with van der Waals surface area (Å²) in [6.07, 6.45) is 0. The summed E-state index contributed by atoms with van der Waals surface area (Å²) in [7, 11) is 3.59. The number of rotatable bonds is 1. The van der Waals surface area contributed by atoms with E-state index in [9.17, 15) is 0 Å². The van der Waals surface area contributed by atoms with Gasteiger partial charge in [0.2, 0.25) is 0 Å². The fourth-order valence-corrected chi connectivity index (χ4v) is 2.17. The Morgan fingerprint density at radius 3 is 2.41 bits per heavy atom. The molecule has 1 heterocycles. The first-order valence-corrected chi connectivity index (χ1v) is 5.97. The highest BCUT2D eigenvalue weighted by molar-refractivity contribution is 6.35. The van der Waals surface area contributed by atoms with Crippen molar-refractivity contribution in [1.82, 2.24) is 0 Å². The molecule has 0 unspecified atom stereocenters. The van der Waals surface area contributed by atoms with E-state index in [1.165, 1.54) is 0 Å². The van der Waals surface area contributed by atoms with Crippen molar-refractivity contribution in [2.45, 2.75) is 0 Å². The topological polar surface area (TPSA) is 11.3 Å². The normalized spacial score (nSPS) is 10.6. The predicted octanol–water partition coefficient (Wildman–Crippen LogP) is 3.17. The highest BCUT2D eigenvalue weighted by Gasteiger charge is 2.15. The van der Waals surface area contributed by atoms with Gasteiger partial charge in [0.25, 0.3) is 0 Å². The molecular weight excluding hydrogens is 224 g/mol. The van der Waals surface area contributed by atoms with Gasteiger partial charge in [0.1, 0.15) is 0 Å². The van der Waals surface area contributed by atoms with Crippen molar-refractivity contribution in [2.75, 3.05) is 0 Å². The third-order valence-electron chi connectivity index (χ3n) is 2.75. The number of benzene rings is 2. The average Bonchev–Trinajstić information content (AvgIpc) is 2.39. The maximum absolute atomic E-state index is 5.90. The lowest BCUT2D eigenvalue weighted by Crippen LogP contribution is -2.05. The minimum Gasteiger partial charge on any atom is -0.207 e. The zero-order valence-electron chi connectivity index (χ0n) is 9.18. The third-order valence-corrected chi connectivity index (χ3v) is 3.18. The first kappa shape index (κ1) is 10.2.